The maximum absolute atomic E-state index is 12.4. The van der Waals surface area contributed by atoms with Gasteiger partial charge in [0.15, 0.2) is 5.11 Å². The zero-order valence-corrected chi connectivity index (χ0v) is 16.2. The van der Waals surface area contributed by atoms with Gasteiger partial charge in [0.25, 0.3) is 5.91 Å². The van der Waals surface area contributed by atoms with Crippen molar-refractivity contribution in [3.63, 3.8) is 0 Å². The Balaban J connectivity index is 1.54. The Kier molecular flexibility index (Phi) is 5.71. The van der Waals surface area contributed by atoms with E-state index < -0.39 is 0 Å². The lowest BCUT2D eigenvalue weighted by Crippen LogP contribution is -2.43. The Morgan fingerprint density at radius 3 is 2.96 bits per heavy atom. The first kappa shape index (κ1) is 17.9. The molecule has 132 valence electrons. The van der Waals surface area contributed by atoms with E-state index in [2.05, 4.69) is 36.1 Å². The molecule has 1 aliphatic carbocycles. The highest BCUT2D eigenvalue weighted by atomic mass is 32.1. The molecule has 0 unspecified atom stereocenters. The molecule has 3 rings (SSSR count). The number of benzene rings is 1. The van der Waals surface area contributed by atoms with Crippen LogP contribution in [0.1, 0.15) is 45.9 Å². The van der Waals surface area contributed by atoms with E-state index in [4.69, 9.17) is 12.2 Å². The molecule has 6 heteroatoms. The SMILES string of the molecule is CCc1cccc(NC(=S)NNC(=O)c2cc3c(s2)CC[C@@H](C)C3)c1. The molecular weight excluding hydrogens is 350 g/mol. The fraction of sp³-hybridized carbons (Fsp3) is 0.368. The minimum atomic E-state index is -0.140. The molecule has 0 bridgehead atoms. The van der Waals surface area contributed by atoms with Gasteiger partial charge in [0.05, 0.1) is 4.88 Å². The van der Waals surface area contributed by atoms with Gasteiger partial charge in [-0.15, -0.1) is 11.3 Å². The third-order valence-corrected chi connectivity index (χ3v) is 5.88. The minimum Gasteiger partial charge on any atom is -0.331 e. The number of thiocarbonyl (C=S) groups is 1. The molecular formula is C19H23N3OS2. The van der Waals surface area contributed by atoms with Gasteiger partial charge in [0.2, 0.25) is 0 Å². The number of thiophene rings is 1. The minimum absolute atomic E-state index is 0.140. The van der Waals surface area contributed by atoms with Crippen molar-refractivity contribution in [3.05, 3.63) is 51.2 Å². The van der Waals surface area contributed by atoms with Gasteiger partial charge >= 0.3 is 0 Å². The summed E-state index contributed by atoms with van der Waals surface area (Å²) >= 11 is 6.84. The first-order valence-corrected chi connectivity index (χ1v) is 9.85. The molecule has 1 aromatic heterocycles. The van der Waals surface area contributed by atoms with Gasteiger partial charge in [-0.1, -0.05) is 26.0 Å². The number of hydrogen-bond acceptors (Lipinski definition) is 3. The van der Waals surface area contributed by atoms with Gasteiger partial charge in [0.1, 0.15) is 0 Å². The topological polar surface area (TPSA) is 53.2 Å². The van der Waals surface area contributed by atoms with Gasteiger partial charge < -0.3 is 5.32 Å². The van der Waals surface area contributed by atoms with Crippen molar-refractivity contribution in [1.29, 1.82) is 0 Å². The number of aryl methyl sites for hydroxylation is 2. The van der Waals surface area contributed by atoms with Crippen LogP contribution in [-0.2, 0) is 19.3 Å². The quantitative estimate of drug-likeness (QED) is 0.561. The Labute approximate surface area is 158 Å². The van der Waals surface area contributed by atoms with E-state index in [0.29, 0.717) is 11.0 Å². The van der Waals surface area contributed by atoms with Crippen LogP contribution in [0.2, 0.25) is 0 Å². The highest BCUT2D eigenvalue weighted by Gasteiger charge is 2.20. The number of amides is 1. The van der Waals surface area contributed by atoms with Crippen LogP contribution in [0.5, 0.6) is 0 Å². The van der Waals surface area contributed by atoms with E-state index in [1.54, 1.807) is 11.3 Å². The van der Waals surface area contributed by atoms with Crippen molar-refractivity contribution >= 4 is 40.3 Å². The second-order valence-corrected chi connectivity index (χ2v) is 8.04. The Hall–Kier alpha value is -1.92. The molecule has 1 atom stereocenters. The monoisotopic (exact) mass is 373 g/mol. The van der Waals surface area contributed by atoms with Crippen LogP contribution < -0.4 is 16.2 Å². The van der Waals surface area contributed by atoms with Crippen molar-refractivity contribution in [2.24, 2.45) is 5.92 Å². The molecule has 1 aliphatic rings. The molecule has 1 heterocycles. The Bertz CT molecular complexity index is 785. The van der Waals surface area contributed by atoms with Crippen molar-refractivity contribution in [2.45, 2.75) is 39.5 Å². The van der Waals surface area contributed by atoms with Gasteiger partial charge in [-0.2, -0.15) is 0 Å². The van der Waals surface area contributed by atoms with E-state index in [9.17, 15) is 4.79 Å². The number of hydrogen-bond donors (Lipinski definition) is 3. The van der Waals surface area contributed by atoms with Crippen LogP contribution in [0.4, 0.5) is 5.69 Å². The number of nitrogens with one attached hydrogen (secondary N) is 3. The molecule has 4 nitrogen and oxygen atoms in total. The molecule has 0 radical (unpaired) electrons. The predicted octanol–water partition coefficient (Wildman–Crippen LogP) is 4.07. The van der Waals surface area contributed by atoms with Gasteiger partial charge in [-0.25, -0.2) is 0 Å². The highest BCUT2D eigenvalue weighted by molar-refractivity contribution is 7.80. The van der Waals surface area contributed by atoms with Crippen molar-refractivity contribution < 1.29 is 4.79 Å². The number of carbonyl (C=O) groups is 1. The number of anilines is 1. The van der Waals surface area contributed by atoms with Crippen LogP contribution in [0.3, 0.4) is 0 Å². The number of carbonyl (C=O) groups excluding carboxylic acids is 1. The Morgan fingerprint density at radius 2 is 2.16 bits per heavy atom. The standard InChI is InChI=1S/C19H23N3OS2/c1-3-13-5-4-6-15(10-13)20-19(24)22-21-18(23)17-11-14-9-12(2)7-8-16(14)25-17/h4-6,10-12H,3,7-9H2,1-2H3,(H,21,23)(H2,20,22,24)/t12-/m1/s1. The maximum Gasteiger partial charge on any atom is 0.279 e. The molecule has 0 spiro atoms. The smallest absolute Gasteiger partial charge is 0.279 e. The fourth-order valence-corrected chi connectivity index (χ4v) is 4.30. The van der Waals surface area contributed by atoms with Crippen molar-refractivity contribution in [2.75, 3.05) is 5.32 Å². The van der Waals surface area contributed by atoms with Gasteiger partial charge in [-0.3, -0.25) is 15.6 Å². The number of fused-ring (bicyclic) bond motifs is 1. The molecule has 0 fully saturated rings. The molecule has 1 amide bonds. The van der Waals surface area contributed by atoms with Crippen molar-refractivity contribution in [1.82, 2.24) is 10.9 Å². The average Bonchev–Trinajstić information content (AvgIpc) is 3.03. The molecule has 0 saturated heterocycles. The van der Waals surface area contributed by atoms with Gasteiger partial charge in [0, 0.05) is 10.6 Å². The van der Waals surface area contributed by atoms with E-state index in [0.717, 1.165) is 29.8 Å². The number of hydrazine groups is 1. The summed E-state index contributed by atoms with van der Waals surface area (Å²) in [6, 6.07) is 10.1. The molecule has 0 aliphatic heterocycles. The molecule has 25 heavy (non-hydrogen) atoms. The summed E-state index contributed by atoms with van der Waals surface area (Å²) < 4.78 is 0. The van der Waals surface area contributed by atoms with Gasteiger partial charge in [-0.05, 0) is 73.1 Å². The second kappa shape index (κ2) is 7.97. The lowest BCUT2D eigenvalue weighted by Gasteiger charge is -2.16. The third kappa shape index (κ3) is 4.58. The second-order valence-electron chi connectivity index (χ2n) is 6.49. The molecule has 0 saturated carbocycles. The van der Waals surface area contributed by atoms with Crippen LogP contribution in [0.15, 0.2) is 30.3 Å². The summed E-state index contributed by atoms with van der Waals surface area (Å²) in [5.41, 5.74) is 8.93. The first-order chi connectivity index (χ1) is 12.0. The summed E-state index contributed by atoms with van der Waals surface area (Å²) in [5, 5.41) is 3.46. The summed E-state index contributed by atoms with van der Waals surface area (Å²) in [5.74, 6) is 0.560. The summed E-state index contributed by atoms with van der Waals surface area (Å²) in [7, 11) is 0. The average molecular weight is 374 g/mol. The van der Waals surface area contributed by atoms with Crippen LogP contribution in [0.25, 0.3) is 0 Å². The zero-order valence-electron chi connectivity index (χ0n) is 14.5. The van der Waals surface area contributed by atoms with E-state index in [-0.39, 0.29) is 5.91 Å². The van der Waals surface area contributed by atoms with E-state index in [1.807, 2.05) is 24.3 Å². The normalized spacial score (nSPS) is 16.0. The van der Waals surface area contributed by atoms with E-state index >= 15 is 0 Å². The lowest BCUT2D eigenvalue weighted by atomic mass is 9.90. The van der Waals surface area contributed by atoms with Crippen LogP contribution in [0, 0.1) is 5.92 Å². The summed E-state index contributed by atoms with van der Waals surface area (Å²) in [4.78, 5) is 14.4. The first-order valence-electron chi connectivity index (χ1n) is 8.63. The zero-order chi connectivity index (χ0) is 17.8. The molecule has 3 N–H and O–H groups in total. The predicted molar refractivity (Wildman–Crippen MR) is 108 cm³/mol. The lowest BCUT2D eigenvalue weighted by molar-refractivity contribution is 0.0948. The molecule has 2 aromatic rings. The highest BCUT2D eigenvalue weighted by Crippen LogP contribution is 2.32. The van der Waals surface area contributed by atoms with Crippen LogP contribution >= 0.6 is 23.6 Å². The fourth-order valence-electron chi connectivity index (χ4n) is 3.02. The summed E-state index contributed by atoms with van der Waals surface area (Å²) in [6.07, 6.45) is 4.32. The van der Waals surface area contributed by atoms with Crippen LogP contribution in [-0.4, -0.2) is 11.0 Å². The van der Waals surface area contributed by atoms with Crippen molar-refractivity contribution in [3.8, 4) is 0 Å². The maximum atomic E-state index is 12.4. The summed E-state index contributed by atoms with van der Waals surface area (Å²) in [6.45, 7) is 4.37. The van der Waals surface area contributed by atoms with E-state index in [1.165, 1.54) is 22.4 Å². The molecule has 1 aromatic carbocycles. The Morgan fingerprint density at radius 1 is 1.32 bits per heavy atom. The third-order valence-electron chi connectivity index (χ3n) is 4.44. The largest absolute Gasteiger partial charge is 0.331 e. The number of rotatable bonds is 3.